The van der Waals surface area contributed by atoms with Gasteiger partial charge in [0.25, 0.3) is 0 Å². The average Bonchev–Trinajstić information content (AvgIpc) is 2.23. The van der Waals surface area contributed by atoms with Crippen molar-refractivity contribution in [2.45, 2.75) is 13.8 Å². The number of aromatic hydroxyl groups is 1. The van der Waals surface area contributed by atoms with E-state index in [1.54, 1.807) is 29.9 Å². The zero-order valence-electron chi connectivity index (χ0n) is 6.13. The summed E-state index contributed by atoms with van der Waals surface area (Å²) < 4.78 is 1.64. The first-order chi connectivity index (χ1) is 4.30. The summed E-state index contributed by atoms with van der Waals surface area (Å²) in [6.45, 7) is 4.00. The molecular formula is C7H13NO. The molecule has 9 heavy (non-hydrogen) atoms. The van der Waals surface area contributed by atoms with Crippen LogP contribution in [0.5, 0.6) is 5.88 Å². The van der Waals surface area contributed by atoms with E-state index < -0.39 is 0 Å². The van der Waals surface area contributed by atoms with Crippen LogP contribution in [-0.2, 0) is 7.05 Å². The molecular weight excluding hydrogens is 114 g/mol. The van der Waals surface area contributed by atoms with E-state index in [0.717, 1.165) is 0 Å². The van der Waals surface area contributed by atoms with Crippen molar-refractivity contribution < 1.29 is 5.11 Å². The van der Waals surface area contributed by atoms with E-state index in [9.17, 15) is 0 Å². The van der Waals surface area contributed by atoms with Gasteiger partial charge < -0.3 is 9.67 Å². The number of aromatic nitrogens is 1. The maximum absolute atomic E-state index is 8.72. The van der Waals surface area contributed by atoms with Crippen molar-refractivity contribution in [3.8, 4) is 5.88 Å². The number of aryl methyl sites for hydroxylation is 1. The first-order valence-electron chi connectivity index (χ1n) is 3.11. The Morgan fingerprint density at radius 3 is 2.11 bits per heavy atom. The van der Waals surface area contributed by atoms with Crippen LogP contribution in [0.15, 0.2) is 18.3 Å². The normalized spacial score (nSPS) is 7.89. The van der Waals surface area contributed by atoms with Crippen LogP contribution in [0.4, 0.5) is 0 Å². The zero-order chi connectivity index (χ0) is 7.28. The van der Waals surface area contributed by atoms with Gasteiger partial charge in [0.05, 0.1) is 0 Å². The summed E-state index contributed by atoms with van der Waals surface area (Å²) in [4.78, 5) is 0. The lowest BCUT2D eigenvalue weighted by Crippen LogP contribution is -1.79. The van der Waals surface area contributed by atoms with Crippen molar-refractivity contribution >= 4 is 0 Å². The van der Waals surface area contributed by atoms with Crippen LogP contribution >= 0.6 is 0 Å². The molecule has 0 radical (unpaired) electrons. The molecule has 0 aliphatic carbocycles. The Morgan fingerprint density at radius 1 is 1.44 bits per heavy atom. The first-order valence-corrected chi connectivity index (χ1v) is 3.11. The molecule has 1 aromatic heterocycles. The topological polar surface area (TPSA) is 25.2 Å². The Hall–Kier alpha value is -0.920. The van der Waals surface area contributed by atoms with Crippen LogP contribution in [0.1, 0.15) is 13.8 Å². The lowest BCUT2D eigenvalue weighted by molar-refractivity contribution is 0.432. The van der Waals surface area contributed by atoms with Crippen LogP contribution in [0.2, 0.25) is 0 Å². The highest BCUT2D eigenvalue weighted by atomic mass is 16.3. The lowest BCUT2D eigenvalue weighted by Gasteiger charge is -1.88. The van der Waals surface area contributed by atoms with Gasteiger partial charge in [-0.1, -0.05) is 13.8 Å². The molecule has 0 aromatic carbocycles. The van der Waals surface area contributed by atoms with E-state index in [1.807, 2.05) is 13.8 Å². The minimum Gasteiger partial charge on any atom is -0.494 e. The van der Waals surface area contributed by atoms with E-state index in [1.165, 1.54) is 0 Å². The third kappa shape index (κ3) is 2.22. The zero-order valence-corrected chi connectivity index (χ0v) is 6.13. The van der Waals surface area contributed by atoms with Gasteiger partial charge in [0.15, 0.2) is 5.88 Å². The molecule has 0 fully saturated rings. The summed E-state index contributed by atoms with van der Waals surface area (Å²) in [5, 5.41) is 8.72. The number of hydrogen-bond donors (Lipinski definition) is 1. The maximum atomic E-state index is 8.72. The summed E-state index contributed by atoms with van der Waals surface area (Å²) in [6.07, 6.45) is 1.79. The second kappa shape index (κ2) is 4.01. The number of nitrogens with zero attached hydrogens (tertiary/aromatic N) is 1. The molecule has 1 N–H and O–H groups in total. The van der Waals surface area contributed by atoms with Crippen LogP contribution in [0, 0.1) is 0 Å². The van der Waals surface area contributed by atoms with Gasteiger partial charge in [-0.3, -0.25) is 0 Å². The second-order valence-electron chi connectivity index (χ2n) is 1.48. The summed E-state index contributed by atoms with van der Waals surface area (Å²) in [5.74, 6) is 0.306. The van der Waals surface area contributed by atoms with Gasteiger partial charge in [0.1, 0.15) is 0 Å². The lowest BCUT2D eigenvalue weighted by atomic mass is 10.7. The molecule has 2 nitrogen and oxygen atoms in total. The van der Waals surface area contributed by atoms with Crippen LogP contribution in [0.3, 0.4) is 0 Å². The smallest absolute Gasteiger partial charge is 0.190 e. The SMILES string of the molecule is CC.Cn1cccc1O. The van der Waals surface area contributed by atoms with Crippen LogP contribution in [-0.4, -0.2) is 9.67 Å². The van der Waals surface area contributed by atoms with Gasteiger partial charge in [-0.2, -0.15) is 0 Å². The molecule has 0 bridgehead atoms. The fourth-order valence-electron chi connectivity index (χ4n) is 0.452. The van der Waals surface area contributed by atoms with Crippen LogP contribution in [0.25, 0.3) is 0 Å². The highest BCUT2D eigenvalue weighted by Crippen LogP contribution is 2.04. The molecule has 2 heteroatoms. The van der Waals surface area contributed by atoms with E-state index in [2.05, 4.69) is 0 Å². The van der Waals surface area contributed by atoms with Crippen molar-refractivity contribution in [2.75, 3.05) is 0 Å². The fourth-order valence-corrected chi connectivity index (χ4v) is 0.452. The Labute approximate surface area is 55.7 Å². The third-order valence-corrected chi connectivity index (χ3v) is 0.916. The van der Waals surface area contributed by atoms with Gasteiger partial charge in [0, 0.05) is 13.2 Å². The van der Waals surface area contributed by atoms with Gasteiger partial charge in [0.2, 0.25) is 0 Å². The summed E-state index contributed by atoms with van der Waals surface area (Å²) in [7, 11) is 1.79. The molecule has 0 spiro atoms. The maximum Gasteiger partial charge on any atom is 0.190 e. The highest BCUT2D eigenvalue weighted by molar-refractivity contribution is 5.09. The van der Waals surface area contributed by atoms with E-state index in [-0.39, 0.29) is 0 Å². The van der Waals surface area contributed by atoms with Gasteiger partial charge in [-0.15, -0.1) is 0 Å². The molecule has 1 aromatic rings. The standard InChI is InChI=1S/C5H7NO.C2H6/c1-6-4-2-3-5(6)7;1-2/h2-4,7H,1H3;1-2H3. The van der Waals surface area contributed by atoms with Gasteiger partial charge in [-0.25, -0.2) is 0 Å². The Balaban J connectivity index is 0.000000291. The largest absolute Gasteiger partial charge is 0.494 e. The van der Waals surface area contributed by atoms with E-state index in [4.69, 9.17) is 5.11 Å². The minimum absolute atomic E-state index is 0.306. The van der Waals surface area contributed by atoms with Crippen molar-refractivity contribution in [2.24, 2.45) is 7.05 Å². The molecule has 0 atom stereocenters. The third-order valence-electron chi connectivity index (χ3n) is 0.916. The summed E-state index contributed by atoms with van der Waals surface area (Å²) >= 11 is 0. The van der Waals surface area contributed by atoms with Gasteiger partial charge in [-0.05, 0) is 12.1 Å². The molecule has 0 aliphatic rings. The first kappa shape index (κ1) is 8.08. The fraction of sp³-hybridized carbons (Fsp3) is 0.429. The van der Waals surface area contributed by atoms with Crippen molar-refractivity contribution in [1.82, 2.24) is 4.57 Å². The predicted molar refractivity (Wildman–Crippen MR) is 38.4 cm³/mol. The minimum atomic E-state index is 0.306. The monoisotopic (exact) mass is 127 g/mol. The average molecular weight is 127 g/mol. The second-order valence-corrected chi connectivity index (χ2v) is 1.48. The number of rotatable bonds is 0. The molecule has 1 heterocycles. The Bertz CT molecular complexity index is 141. The van der Waals surface area contributed by atoms with Crippen molar-refractivity contribution in [1.29, 1.82) is 0 Å². The van der Waals surface area contributed by atoms with E-state index in [0.29, 0.717) is 5.88 Å². The highest BCUT2D eigenvalue weighted by Gasteiger charge is 1.85. The predicted octanol–water partition coefficient (Wildman–Crippen LogP) is 1.76. The molecule has 0 amide bonds. The molecule has 0 unspecified atom stereocenters. The Kier molecular flexibility index (Phi) is 3.60. The quantitative estimate of drug-likeness (QED) is 0.564. The van der Waals surface area contributed by atoms with Crippen LogP contribution < -0.4 is 0 Å². The molecule has 0 saturated heterocycles. The Morgan fingerprint density at radius 2 is 2.00 bits per heavy atom. The summed E-state index contributed by atoms with van der Waals surface area (Å²) in [5.41, 5.74) is 0. The van der Waals surface area contributed by atoms with E-state index >= 15 is 0 Å². The molecule has 0 saturated carbocycles. The van der Waals surface area contributed by atoms with Crippen molar-refractivity contribution in [3.63, 3.8) is 0 Å². The molecule has 1 rings (SSSR count). The van der Waals surface area contributed by atoms with Crippen molar-refractivity contribution in [3.05, 3.63) is 18.3 Å². The summed E-state index contributed by atoms with van der Waals surface area (Å²) in [6, 6.07) is 3.43. The molecule has 0 aliphatic heterocycles. The van der Waals surface area contributed by atoms with Gasteiger partial charge >= 0.3 is 0 Å². The number of hydrogen-bond acceptors (Lipinski definition) is 1. The molecule has 52 valence electrons.